The van der Waals surface area contributed by atoms with Crippen LogP contribution in [0, 0.1) is 0 Å². The first-order chi connectivity index (χ1) is 17.7. The number of carbonyl (C=O) groups excluding carboxylic acids is 1. The monoisotopic (exact) mass is 542 g/mol. The van der Waals surface area contributed by atoms with Crippen molar-refractivity contribution in [3.05, 3.63) is 83.4 Å². The van der Waals surface area contributed by atoms with E-state index < -0.39 is 28.1 Å². The van der Waals surface area contributed by atoms with Gasteiger partial charge in [0.1, 0.15) is 23.6 Å². The van der Waals surface area contributed by atoms with Crippen molar-refractivity contribution in [2.75, 3.05) is 18.0 Å². The van der Waals surface area contributed by atoms with E-state index in [-0.39, 0.29) is 22.4 Å². The number of rotatable bonds is 9. The highest BCUT2D eigenvalue weighted by atomic mass is 35.5. The van der Waals surface area contributed by atoms with Crippen LogP contribution in [0.2, 0.25) is 5.02 Å². The fraction of sp³-hybridized carbons (Fsp3) is 0.321. The Morgan fingerprint density at radius 3 is 2.43 bits per heavy atom. The Morgan fingerprint density at radius 2 is 1.76 bits per heavy atom. The highest BCUT2D eigenvalue weighted by Crippen LogP contribution is 2.43. The molecule has 3 aromatic carbocycles. The Hall–Kier alpha value is -3.23. The number of anilines is 1. The van der Waals surface area contributed by atoms with E-state index in [0.717, 1.165) is 28.5 Å². The molecule has 0 unspecified atom stereocenters. The Morgan fingerprint density at radius 1 is 1.08 bits per heavy atom. The fourth-order valence-corrected chi connectivity index (χ4v) is 6.29. The van der Waals surface area contributed by atoms with Crippen LogP contribution in [-0.2, 0) is 14.8 Å². The minimum atomic E-state index is -4.12. The van der Waals surface area contributed by atoms with E-state index in [2.05, 4.69) is 19.2 Å². The normalized spacial score (nSPS) is 16.3. The number of halogens is 1. The molecule has 1 amide bonds. The molecule has 0 aromatic heterocycles. The standard InChI is InChI=1S/C28H31ClN2O5S/c1-4-28(5-2)18-23(22-13-9-10-14-25(22)36-28)30-27(32)19-31(24-17-20(29)15-16-26(24)35-3)37(33,34)21-11-7-6-8-12-21/h6-17,23H,4-5,18-19H2,1-3H3,(H,30,32)/t23-/m1/s1. The maximum Gasteiger partial charge on any atom is 0.264 e. The molecule has 0 saturated carbocycles. The maximum absolute atomic E-state index is 13.8. The predicted molar refractivity (Wildman–Crippen MR) is 145 cm³/mol. The van der Waals surface area contributed by atoms with Crippen LogP contribution >= 0.6 is 11.6 Å². The van der Waals surface area contributed by atoms with Gasteiger partial charge in [0.15, 0.2) is 0 Å². The molecule has 4 rings (SSSR count). The number of nitrogens with one attached hydrogen (secondary N) is 1. The second-order valence-electron chi connectivity index (χ2n) is 9.00. The minimum absolute atomic E-state index is 0.0530. The second-order valence-corrected chi connectivity index (χ2v) is 11.3. The summed E-state index contributed by atoms with van der Waals surface area (Å²) in [7, 11) is -2.68. The van der Waals surface area contributed by atoms with E-state index in [0.29, 0.717) is 11.4 Å². The summed E-state index contributed by atoms with van der Waals surface area (Å²) >= 11 is 6.23. The topological polar surface area (TPSA) is 84.9 Å². The number of fused-ring (bicyclic) bond motifs is 1. The number of para-hydroxylation sites is 1. The molecule has 3 aromatic rings. The number of benzene rings is 3. The van der Waals surface area contributed by atoms with E-state index in [4.69, 9.17) is 21.1 Å². The van der Waals surface area contributed by atoms with E-state index in [1.165, 1.54) is 25.3 Å². The van der Waals surface area contributed by atoms with E-state index >= 15 is 0 Å². The molecule has 9 heteroatoms. The predicted octanol–water partition coefficient (Wildman–Crippen LogP) is 5.74. The first-order valence-corrected chi connectivity index (χ1v) is 14.0. The molecule has 0 saturated heterocycles. The lowest BCUT2D eigenvalue weighted by Crippen LogP contribution is -2.47. The van der Waals surface area contributed by atoms with Gasteiger partial charge in [0.05, 0.1) is 23.7 Å². The summed E-state index contributed by atoms with van der Waals surface area (Å²) < 4.78 is 40.3. The Bertz CT molecular complexity index is 1360. The van der Waals surface area contributed by atoms with Crippen molar-refractivity contribution >= 4 is 33.2 Å². The van der Waals surface area contributed by atoms with Gasteiger partial charge in [-0.3, -0.25) is 9.10 Å². The summed E-state index contributed by atoms with van der Waals surface area (Å²) in [5.41, 5.74) is 0.627. The zero-order valence-electron chi connectivity index (χ0n) is 21.1. The van der Waals surface area contributed by atoms with Crippen LogP contribution in [-0.4, -0.2) is 33.6 Å². The van der Waals surface area contributed by atoms with Crippen LogP contribution in [0.3, 0.4) is 0 Å². The summed E-state index contributed by atoms with van der Waals surface area (Å²) in [6.07, 6.45) is 2.13. The molecule has 1 atom stereocenters. The van der Waals surface area contributed by atoms with Crippen LogP contribution in [0.5, 0.6) is 11.5 Å². The first kappa shape index (κ1) is 26.8. The largest absolute Gasteiger partial charge is 0.495 e. The number of sulfonamides is 1. The van der Waals surface area contributed by atoms with Gasteiger partial charge in [-0.2, -0.15) is 0 Å². The quantitative estimate of drug-likeness (QED) is 0.372. The van der Waals surface area contributed by atoms with Crippen molar-refractivity contribution in [3.8, 4) is 11.5 Å². The van der Waals surface area contributed by atoms with E-state index in [1.807, 2.05) is 24.3 Å². The summed E-state index contributed by atoms with van der Waals surface area (Å²) in [5.74, 6) is 0.557. The van der Waals surface area contributed by atoms with Crippen LogP contribution in [0.1, 0.15) is 44.7 Å². The van der Waals surface area contributed by atoms with Crippen LogP contribution in [0.25, 0.3) is 0 Å². The summed E-state index contributed by atoms with van der Waals surface area (Å²) in [5, 5.41) is 3.39. The smallest absolute Gasteiger partial charge is 0.264 e. The van der Waals surface area contributed by atoms with Crippen molar-refractivity contribution in [1.82, 2.24) is 5.32 Å². The lowest BCUT2D eigenvalue weighted by atomic mass is 9.83. The molecule has 0 bridgehead atoms. The number of hydrogen-bond acceptors (Lipinski definition) is 5. The van der Waals surface area contributed by atoms with Crippen LogP contribution in [0.15, 0.2) is 77.7 Å². The third kappa shape index (κ3) is 5.55. The fourth-order valence-electron chi connectivity index (χ4n) is 4.68. The van der Waals surface area contributed by atoms with Gasteiger partial charge in [-0.05, 0) is 49.2 Å². The number of methoxy groups -OCH3 is 1. The molecule has 37 heavy (non-hydrogen) atoms. The van der Waals surface area contributed by atoms with Crippen molar-refractivity contribution in [2.45, 2.75) is 49.6 Å². The van der Waals surface area contributed by atoms with Crippen molar-refractivity contribution in [3.63, 3.8) is 0 Å². The van der Waals surface area contributed by atoms with Gasteiger partial charge in [-0.1, -0.05) is 61.8 Å². The third-order valence-electron chi connectivity index (χ3n) is 6.85. The molecule has 196 valence electrons. The number of amides is 1. The molecule has 0 fully saturated rings. The van der Waals surface area contributed by atoms with Crippen LogP contribution in [0.4, 0.5) is 5.69 Å². The van der Waals surface area contributed by atoms with Gasteiger partial charge in [0, 0.05) is 17.0 Å². The summed E-state index contributed by atoms with van der Waals surface area (Å²) in [6.45, 7) is 3.67. The molecule has 1 aliphatic heterocycles. The van der Waals surface area contributed by atoms with E-state index in [9.17, 15) is 13.2 Å². The van der Waals surface area contributed by atoms with E-state index in [1.54, 1.807) is 30.3 Å². The zero-order chi connectivity index (χ0) is 26.6. The van der Waals surface area contributed by atoms with Crippen molar-refractivity contribution in [1.29, 1.82) is 0 Å². The molecule has 0 spiro atoms. The lowest BCUT2D eigenvalue weighted by Gasteiger charge is -2.41. The summed E-state index contributed by atoms with van der Waals surface area (Å²) in [4.78, 5) is 13.6. The van der Waals surface area contributed by atoms with Crippen LogP contribution < -0.4 is 19.1 Å². The highest BCUT2D eigenvalue weighted by molar-refractivity contribution is 7.92. The Labute approximate surface area is 223 Å². The third-order valence-corrected chi connectivity index (χ3v) is 8.86. The van der Waals surface area contributed by atoms with Gasteiger partial charge in [0.25, 0.3) is 10.0 Å². The average Bonchev–Trinajstić information content (AvgIpc) is 2.92. The van der Waals surface area contributed by atoms with Gasteiger partial charge in [-0.25, -0.2) is 8.42 Å². The van der Waals surface area contributed by atoms with Gasteiger partial charge in [-0.15, -0.1) is 0 Å². The zero-order valence-corrected chi connectivity index (χ0v) is 22.7. The second kappa shape index (κ2) is 11.0. The average molecular weight is 543 g/mol. The van der Waals surface area contributed by atoms with Gasteiger partial charge in [0.2, 0.25) is 5.91 Å². The first-order valence-electron chi connectivity index (χ1n) is 12.2. The van der Waals surface area contributed by atoms with Gasteiger partial charge < -0.3 is 14.8 Å². The minimum Gasteiger partial charge on any atom is -0.495 e. The Balaban J connectivity index is 1.70. The number of ether oxygens (including phenoxy) is 2. The molecular weight excluding hydrogens is 512 g/mol. The van der Waals surface area contributed by atoms with Gasteiger partial charge >= 0.3 is 0 Å². The molecule has 1 heterocycles. The van der Waals surface area contributed by atoms with Crippen molar-refractivity contribution < 1.29 is 22.7 Å². The highest BCUT2D eigenvalue weighted by Gasteiger charge is 2.39. The number of hydrogen-bond donors (Lipinski definition) is 1. The van der Waals surface area contributed by atoms with Crippen molar-refractivity contribution in [2.24, 2.45) is 0 Å². The summed E-state index contributed by atoms with van der Waals surface area (Å²) in [6, 6.07) is 19.9. The molecule has 7 nitrogen and oxygen atoms in total. The SMILES string of the molecule is CCC1(CC)C[C@@H](NC(=O)CN(c2cc(Cl)ccc2OC)S(=O)(=O)c2ccccc2)c2ccccc2O1. The molecule has 1 N–H and O–H groups in total. The Kier molecular flexibility index (Phi) is 7.99. The lowest BCUT2D eigenvalue weighted by molar-refractivity contribution is -0.121. The number of carbonyl (C=O) groups is 1. The maximum atomic E-state index is 13.8. The molecule has 1 aliphatic rings. The number of nitrogens with zero attached hydrogens (tertiary/aromatic N) is 1. The molecule has 0 aliphatic carbocycles. The molecule has 0 radical (unpaired) electrons. The molecular formula is C28H31ClN2O5S.